The predicted octanol–water partition coefficient (Wildman–Crippen LogP) is 1.44. The van der Waals surface area contributed by atoms with Gasteiger partial charge < -0.3 is 15.4 Å². The molecular weight excluding hydrogens is 325 g/mol. The molecule has 0 aromatic carbocycles. The third-order valence-corrected chi connectivity index (χ3v) is 4.61. The van der Waals surface area contributed by atoms with Gasteiger partial charge in [0.05, 0.1) is 12.7 Å². The highest BCUT2D eigenvalue weighted by molar-refractivity contribution is 5.85. The molecule has 2 heterocycles. The molecule has 0 saturated carbocycles. The van der Waals surface area contributed by atoms with Crippen LogP contribution >= 0.6 is 24.8 Å². The second-order valence-corrected chi connectivity index (χ2v) is 6.32. The summed E-state index contributed by atoms with van der Waals surface area (Å²) in [4.78, 5) is 14.7. The van der Waals surface area contributed by atoms with E-state index in [0.717, 1.165) is 32.1 Å². The van der Waals surface area contributed by atoms with Gasteiger partial charge in [0, 0.05) is 19.1 Å². The summed E-state index contributed by atoms with van der Waals surface area (Å²) < 4.78 is 5.51. The minimum Gasteiger partial charge on any atom is -0.375 e. The van der Waals surface area contributed by atoms with E-state index < -0.39 is 0 Å². The summed E-state index contributed by atoms with van der Waals surface area (Å²) in [5.41, 5.74) is 0. The van der Waals surface area contributed by atoms with Crippen molar-refractivity contribution in [3.63, 3.8) is 0 Å². The molecule has 2 fully saturated rings. The number of hydrogen-bond donors (Lipinski definition) is 2. The van der Waals surface area contributed by atoms with Crippen LogP contribution < -0.4 is 10.6 Å². The minimum atomic E-state index is -0.211. The summed E-state index contributed by atoms with van der Waals surface area (Å²) in [6, 6.07) is 0.198. The van der Waals surface area contributed by atoms with Crippen molar-refractivity contribution in [3.8, 4) is 0 Å². The zero-order valence-electron chi connectivity index (χ0n) is 13.8. The Balaban J connectivity index is 0.00000220. The number of morpholine rings is 1. The Morgan fingerprint density at radius 2 is 1.95 bits per heavy atom. The predicted molar refractivity (Wildman–Crippen MR) is 94.1 cm³/mol. The topological polar surface area (TPSA) is 53.6 Å². The Morgan fingerprint density at radius 1 is 1.32 bits per heavy atom. The van der Waals surface area contributed by atoms with Crippen molar-refractivity contribution in [2.24, 2.45) is 5.92 Å². The van der Waals surface area contributed by atoms with Crippen molar-refractivity contribution in [3.05, 3.63) is 0 Å². The molecule has 0 aromatic heterocycles. The first-order chi connectivity index (χ1) is 9.58. The lowest BCUT2D eigenvalue weighted by atomic mass is 9.98. The average molecular weight is 356 g/mol. The van der Waals surface area contributed by atoms with Gasteiger partial charge in [0.2, 0.25) is 5.91 Å². The van der Waals surface area contributed by atoms with Crippen molar-refractivity contribution < 1.29 is 9.53 Å². The minimum absolute atomic E-state index is 0. The van der Waals surface area contributed by atoms with Crippen LogP contribution in [0, 0.1) is 5.92 Å². The normalized spacial score (nSPS) is 28.1. The molecule has 0 bridgehead atoms. The molecule has 0 radical (unpaired) electrons. The molecule has 3 atom stereocenters. The molecule has 0 aliphatic carbocycles. The molecule has 2 rings (SSSR count). The molecule has 0 aromatic rings. The Hall–Kier alpha value is -0.0700. The van der Waals surface area contributed by atoms with Gasteiger partial charge in [-0.2, -0.15) is 0 Å². The largest absolute Gasteiger partial charge is 0.375 e. The number of nitrogens with zero attached hydrogens (tertiary/aromatic N) is 1. The van der Waals surface area contributed by atoms with Gasteiger partial charge in [0.15, 0.2) is 0 Å². The molecule has 1 unspecified atom stereocenters. The van der Waals surface area contributed by atoms with E-state index in [1.165, 1.54) is 12.8 Å². The van der Waals surface area contributed by atoms with E-state index in [1.807, 2.05) is 6.92 Å². The van der Waals surface area contributed by atoms with Crippen molar-refractivity contribution in [2.45, 2.75) is 51.8 Å². The highest BCUT2D eigenvalue weighted by Gasteiger charge is 2.28. The van der Waals surface area contributed by atoms with Crippen LogP contribution in [0.1, 0.15) is 33.6 Å². The average Bonchev–Trinajstić information content (AvgIpc) is 2.45. The Bertz CT molecular complexity index is 326. The summed E-state index contributed by atoms with van der Waals surface area (Å²) in [7, 11) is 0. The number of hydrogen-bond acceptors (Lipinski definition) is 4. The Labute approximate surface area is 146 Å². The fourth-order valence-electron chi connectivity index (χ4n) is 2.98. The first-order valence-electron chi connectivity index (χ1n) is 7.94. The zero-order valence-corrected chi connectivity index (χ0v) is 15.5. The number of nitrogens with one attached hydrogen (secondary N) is 2. The van der Waals surface area contributed by atoms with Gasteiger partial charge >= 0.3 is 0 Å². The lowest BCUT2D eigenvalue weighted by Gasteiger charge is -2.35. The maximum absolute atomic E-state index is 12.2. The molecule has 5 nitrogen and oxygen atoms in total. The lowest BCUT2D eigenvalue weighted by Crippen LogP contribution is -2.57. The molecule has 22 heavy (non-hydrogen) atoms. The summed E-state index contributed by atoms with van der Waals surface area (Å²) in [5.74, 6) is 0.909. The van der Waals surface area contributed by atoms with Gasteiger partial charge in [0.25, 0.3) is 0 Å². The van der Waals surface area contributed by atoms with Crippen molar-refractivity contribution in [1.29, 1.82) is 0 Å². The molecule has 1 amide bonds. The van der Waals surface area contributed by atoms with Crippen molar-refractivity contribution in [2.75, 3.05) is 32.8 Å². The maximum atomic E-state index is 12.2. The van der Waals surface area contributed by atoms with Crippen LogP contribution in [0.2, 0.25) is 0 Å². The van der Waals surface area contributed by atoms with E-state index >= 15 is 0 Å². The smallest absolute Gasteiger partial charge is 0.239 e. The summed E-state index contributed by atoms with van der Waals surface area (Å²) in [5, 5.41) is 6.30. The van der Waals surface area contributed by atoms with Crippen LogP contribution in [0.5, 0.6) is 0 Å². The lowest BCUT2D eigenvalue weighted by molar-refractivity contribution is -0.129. The summed E-state index contributed by atoms with van der Waals surface area (Å²) in [6.45, 7) is 10.9. The maximum Gasteiger partial charge on any atom is 0.239 e. The zero-order chi connectivity index (χ0) is 14.5. The van der Waals surface area contributed by atoms with Gasteiger partial charge in [-0.05, 0) is 45.7 Å². The first-order valence-corrected chi connectivity index (χ1v) is 7.94. The number of amides is 1. The molecule has 2 aliphatic rings. The monoisotopic (exact) mass is 355 g/mol. The Morgan fingerprint density at radius 3 is 2.55 bits per heavy atom. The fraction of sp³-hybridized carbons (Fsp3) is 0.933. The van der Waals surface area contributed by atoms with Crippen LogP contribution in [-0.2, 0) is 9.53 Å². The number of rotatable bonds is 4. The van der Waals surface area contributed by atoms with E-state index in [4.69, 9.17) is 4.74 Å². The van der Waals surface area contributed by atoms with Gasteiger partial charge in [-0.15, -0.1) is 24.8 Å². The molecular formula is C15H31Cl2N3O2. The van der Waals surface area contributed by atoms with Crippen molar-refractivity contribution >= 4 is 30.7 Å². The SMILES string of the molecule is CC1CCN(C(C)CNC(=O)[C@H]2NCCO[C@@H]2C)CC1.Cl.Cl. The van der Waals surface area contributed by atoms with E-state index in [0.29, 0.717) is 12.6 Å². The second kappa shape index (κ2) is 10.7. The number of piperidine rings is 1. The van der Waals surface area contributed by atoms with E-state index in [-0.39, 0.29) is 42.9 Å². The quantitative estimate of drug-likeness (QED) is 0.801. The number of likely N-dealkylation sites (tertiary alicyclic amines) is 1. The molecule has 2 aliphatic heterocycles. The van der Waals surface area contributed by atoms with Crippen molar-refractivity contribution in [1.82, 2.24) is 15.5 Å². The van der Waals surface area contributed by atoms with Gasteiger partial charge in [-0.25, -0.2) is 0 Å². The van der Waals surface area contributed by atoms with Gasteiger partial charge in [-0.1, -0.05) is 6.92 Å². The number of ether oxygens (including phenoxy) is 1. The Kier molecular flexibility index (Phi) is 10.6. The fourth-order valence-corrected chi connectivity index (χ4v) is 2.98. The van der Waals surface area contributed by atoms with E-state index in [9.17, 15) is 4.79 Å². The molecule has 0 spiro atoms. The van der Waals surface area contributed by atoms with Gasteiger partial charge in [-0.3, -0.25) is 9.69 Å². The van der Waals surface area contributed by atoms with Gasteiger partial charge in [0.1, 0.15) is 6.04 Å². The van der Waals surface area contributed by atoms with Crippen LogP contribution in [0.4, 0.5) is 0 Å². The molecule has 2 N–H and O–H groups in total. The molecule has 2 saturated heterocycles. The molecule has 7 heteroatoms. The number of halogens is 2. The number of carbonyl (C=O) groups is 1. The highest BCUT2D eigenvalue weighted by Crippen LogP contribution is 2.17. The third-order valence-electron chi connectivity index (χ3n) is 4.61. The second-order valence-electron chi connectivity index (χ2n) is 6.32. The summed E-state index contributed by atoms with van der Waals surface area (Å²) >= 11 is 0. The molecule has 132 valence electrons. The standard InChI is InChI=1S/C15H29N3O2.2ClH/c1-11-4-7-18(8-5-11)12(2)10-17-15(19)14-13(3)20-9-6-16-14;;/h11-14,16H,4-10H2,1-3H3,(H,17,19);2*1H/t12?,13-,14+;;/m1../s1. The van der Waals surface area contributed by atoms with Crippen LogP contribution in [0.25, 0.3) is 0 Å². The third kappa shape index (κ3) is 6.20. The highest BCUT2D eigenvalue weighted by atomic mass is 35.5. The van der Waals surface area contributed by atoms with Crippen LogP contribution in [0.15, 0.2) is 0 Å². The van der Waals surface area contributed by atoms with E-state index in [2.05, 4.69) is 29.4 Å². The van der Waals surface area contributed by atoms with E-state index in [1.54, 1.807) is 0 Å². The first kappa shape index (κ1) is 21.9. The van der Waals surface area contributed by atoms with Crippen LogP contribution in [0.3, 0.4) is 0 Å². The summed E-state index contributed by atoms with van der Waals surface area (Å²) in [6.07, 6.45) is 2.50. The van der Waals surface area contributed by atoms with Crippen LogP contribution in [-0.4, -0.2) is 61.8 Å². The number of carbonyl (C=O) groups excluding carboxylic acids is 1.